The fourth-order valence-corrected chi connectivity index (χ4v) is 3.28. The molecule has 0 saturated carbocycles. The Morgan fingerprint density at radius 1 is 1.36 bits per heavy atom. The van der Waals surface area contributed by atoms with Crippen LogP contribution in [0, 0.1) is 11.7 Å². The highest BCUT2D eigenvalue weighted by Crippen LogP contribution is 2.37. The summed E-state index contributed by atoms with van der Waals surface area (Å²) in [5.41, 5.74) is 0.359. The molecular weight excluding hydrogens is 323 g/mol. The summed E-state index contributed by atoms with van der Waals surface area (Å²) < 4.78 is 16.0. The van der Waals surface area contributed by atoms with E-state index in [-0.39, 0.29) is 18.2 Å². The number of aryl methyl sites for hydroxylation is 1. The zero-order valence-corrected chi connectivity index (χ0v) is 14.3. The van der Waals surface area contributed by atoms with Crippen molar-refractivity contribution in [3.8, 4) is 0 Å². The highest BCUT2D eigenvalue weighted by Gasteiger charge is 2.40. The molecule has 0 spiro atoms. The SMILES string of the molecule is CCn1ccc(NC(=O)[C@@H]2CCC(=O)N(C)[C@@H]2c2ccccc2F)n1. The third kappa shape index (κ3) is 3.40. The highest BCUT2D eigenvalue weighted by molar-refractivity contribution is 5.94. The van der Waals surface area contributed by atoms with Gasteiger partial charge in [-0.15, -0.1) is 0 Å². The normalized spacial score (nSPS) is 20.6. The maximum absolute atomic E-state index is 14.3. The van der Waals surface area contributed by atoms with Crippen LogP contribution in [0.3, 0.4) is 0 Å². The first-order valence-corrected chi connectivity index (χ1v) is 8.35. The molecule has 1 N–H and O–H groups in total. The van der Waals surface area contributed by atoms with E-state index in [1.54, 1.807) is 42.2 Å². The van der Waals surface area contributed by atoms with E-state index < -0.39 is 17.8 Å². The summed E-state index contributed by atoms with van der Waals surface area (Å²) in [5.74, 6) is -0.839. The molecule has 1 fully saturated rings. The second-order valence-electron chi connectivity index (χ2n) is 6.16. The molecule has 2 aromatic rings. The number of nitrogens with zero attached hydrogens (tertiary/aromatic N) is 3. The fourth-order valence-electron chi connectivity index (χ4n) is 3.28. The minimum atomic E-state index is -0.629. The van der Waals surface area contributed by atoms with Crippen LogP contribution in [0.4, 0.5) is 10.2 Å². The van der Waals surface area contributed by atoms with Gasteiger partial charge < -0.3 is 10.2 Å². The Balaban J connectivity index is 1.87. The summed E-state index contributed by atoms with van der Waals surface area (Å²) in [6.07, 6.45) is 2.42. The summed E-state index contributed by atoms with van der Waals surface area (Å²) in [6.45, 7) is 2.66. The second kappa shape index (κ2) is 7.04. The molecule has 2 heterocycles. The van der Waals surface area contributed by atoms with E-state index in [0.29, 0.717) is 24.3 Å². The number of piperidine rings is 1. The van der Waals surface area contributed by atoms with Crippen molar-refractivity contribution in [3.05, 3.63) is 47.9 Å². The predicted octanol–water partition coefficient (Wildman–Crippen LogP) is 2.59. The lowest BCUT2D eigenvalue weighted by Gasteiger charge is -2.38. The van der Waals surface area contributed by atoms with Gasteiger partial charge in [-0.05, 0) is 19.4 Å². The molecule has 0 aliphatic carbocycles. The van der Waals surface area contributed by atoms with Gasteiger partial charge in [-0.1, -0.05) is 18.2 Å². The van der Waals surface area contributed by atoms with E-state index in [1.165, 1.54) is 11.0 Å². The zero-order chi connectivity index (χ0) is 18.0. The number of halogens is 1. The lowest BCUT2D eigenvalue weighted by Crippen LogP contribution is -2.45. The Labute approximate surface area is 145 Å². The number of likely N-dealkylation sites (tertiary alicyclic amines) is 1. The number of carbonyl (C=O) groups is 2. The van der Waals surface area contributed by atoms with Crippen LogP contribution in [0.25, 0.3) is 0 Å². The monoisotopic (exact) mass is 344 g/mol. The van der Waals surface area contributed by atoms with E-state index in [4.69, 9.17) is 0 Å². The van der Waals surface area contributed by atoms with Crippen LogP contribution in [0.1, 0.15) is 31.4 Å². The van der Waals surface area contributed by atoms with E-state index in [0.717, 1.165) is 0 Å². The van der Waals surface area contributed by atoms with Gasteiger partial charge in [0, 0.05) is 37.8 Å². The Kier molecular flexibility index (Phi) is 4.83. The van der Waals surface area contributed by atoms with Crippen LogP contribution in [0.15, 0.2) is 36.5 Å². The zero-order valence-electron chi connectivity index (χ0n) is 14.3. The number of anilines is 1. The lowest BCUT2D eigenvalue weighted by atomic mass is 9.83. The molecule has 1 aromatic carbocycles. The third-order valence-corrected chi connectivity index (χ3v) is 4.64. The first kappa shape index (κ1) is 17.1. The molecule has 1 aliphatic heterocycles. The van der Waals surface area contributed by atoms with E-state index in [9.17, 15) is 14.0 Å². The largest absolute Gasteiger partial charge is 0.338 e. The number of hydrogen-bond acceptors (Lipinski definition) is 3. The van der Waals surface area contributed by atoms with Crippen molar-refractivity contribution in [3.63, 3.8) is 0 Å². The van der Waals surface area contributed by atoms with Gasteiger partial charge in [-0.25, -0.2) is 4.39 Å². The summed E-state index contributed by atoms with van der Waals surface area (Å²) in [4.78, 5) is 26.4. The van der Waals surface area contributed by atoms with Crippen LogP contribution in [0.5, 0.6) is 0 Å². The molecule has 132 valence electrons. The maximum atomic E-state index is 14.3. The van der Waals surface area contributed by atoms with Gasteiger partial charge in [0.15, 0.2) is 5.82 Å². The van der Waals surface area contributed by atoms with Gasteiger partial charge in [0.1, 0.15) is 5.82 Å². The molecule has 2 atom stereocenters. The summed E-state index contributed by atoms with van der Waals surface area (Å²) in [5, 5.41) is 7.03. The minimum absolute atomic E-state index is 0.0902. The molecule has 1 aliphatic rings. The third-order valence-electron chi connectivity index (χ3n) is 4.64. The summed E-state index contributed by atoms with van der Waals surface area (Å²) in [7, 11) is 1.62. The van der Waals surface area contributed by atoms with Crippen LogP contribution >= 0.6 is 0 Å². The Bertz CT molecular complexity index is 789. The molecule has 25 heavy (non-hydrogen) atoms. The lowest BCUT2D eigenvalue weighted by molar-refractivity contribution is -0.140. The number of benzene rings is 1. The molecule has 0 radical (unpaired) electrons. The van der Waals surface area contributed by atoms with Crippen molar-refractivity contribution in [2.45, 2.75) is 32.4 Å². The Hall–Kier alpha value is -2.70. The second-order valence-corrected chi connectivity index (χ2v) is 6.16. The van der Waals surface area contributed by atoms with Crippen molar-refractivity contribution in [2.24, 2.45) is 5.92 Å². The highest BCUT2D eigenvalue weighted by atomic mass is 19.1. The Morgan fingerprint density at radius 2 is 2.12 bits per heavy atom. The molecule has 1 aromatic heterocycles. The number of rotatable bonds is 4. The van der Waals surface area contributed by atoms with Crippen LogP contribution in [-0.2, 0) is 16.1 Å². The molecular formula is C18H21FN4O2. The Morgan fingerprint density at radius 3 is 2.80 bits per heavy atom. The molecule has 0 bridgehead atoms. The van der Waals surface area contributed by atoms with Crippen LogP contribution in [0.2, 0.25) is 0 Å². The average molecular weight is 344 g/mol. The average Bonchev–Trinajstić information content (AvgIpc) is 3.05. The predicted molar refractivity (Wildman–Crippen MR) is 91.2 cm³/mol. The fraction of sp³-hybridized carbons (Fsp3) is 0.389. The topological polar surface area (TPSA) is 67.2 Å². The van der Waals surface area contributed by atoms with E-state index in [2.05, 4.69) is 10.4 Å². The van der Waals surface area contributed by atoms with Crippen molar-refractivity contribution in [1.82, 2.24) is 14.7 Å². The van der Waals surface area contributed by atoms with E-state index >= 15 is 0 Å². The first-order valence-electron chi connectivity index (χ1n) is 8.35. The van der Waals surface area contributed by atoms with Crippen molar-refractivity contribution in [1.29, 1.82) is 0 Å². The van der Waals surface area contributed by atoms with Gasteiger partial charge in [0.2, 0.25) is 11.8 Å². The minimum Gasteiger partial charge on any atom is -0.338 e. The smallest absolute Gasteiger partial charge is 0.231 e. The number of amides is 2. The maximum Gasteiger partial charge on any atom is 0.231 e. The van der Waals surface area contributed by atoms with Gasteiger partial charge >= 0.3 is 0 Å². The van der Waals surface area contributed by atoms with Gasteiger partial charge in [0.25, 0.3) is 0 Å². The standard InChI is InChI=1S/C18H21FN4O2/c1-3-23-11-10-15(21-23)20-18(25)13-8-9-16(24)22(2)17(13)12-6-4-5-7-14(12)19/h4-7,10-11,13,17H,3,8-9H2,1-2H3,(H,20,21,25)/t13-,17-/m1/s1. The number of carbonyl (C=O) groups excluding carboxylic acids is 2. The quantitative estimate of drug-likeness (QED) is 0.927. The van der Waals surface area contributed by atoms with Crippen molar-refractivity contribution in [2.75, 3.05) is 12.4 Å². The van der Waals surface area contributed by atoms with Crippen molar-refractivity contribution < 1.29 is 14.0 Å². The number of nitrogens with one attached hydrogen (secondary N) is 1. The van der Waals surface area contributed by atoms with E-state index in [1.807, 2.05) is 6.92 Å². The van der Waals surface area contributed by atoms with Gasteiger partial charge in [0.05, 0.1) is 12.0 Å². The molecule has 2 amide bonds. The molecule has 7 heteroatoms. The number of aromatic nitrogens is 2. The molecule has 3 rings (SSSR count). The molecule has 1 saturated heterocycles. The molecule has 6 nitrogen and oxygen atoms in total. The van der Waals surface area contributed by atoms with Crippen molar-refractivity contribution >= 4 is 17.6 Å². The first-order chi connectivity index (χ1) is 12.0. The number of hydrogen-bond donors (Lipinski definition) is 1. The van der Waals surface area contributed by atoms with Crippen LogP contribution in [-0.4, -0.2) is 33.5 Å². The summed E-state index contributed by atoms with van der Waals surface area (Å²) in [6, 6.07) is 7.37. The van der Waals surface area contributed by atoms with Gasteiger partial charge in [-0.3, -0.25) is 14.3 Å². The molecule has 0 unspecified atom stereocenters. The van der Waals surface area contributed by atoms with Gasteiger partial charge in [-0.2, -0.15) is 5.10 Å². The summed E-state index contributed by atoms with van der Waals surface area (Å²) >= 11 is 0. The van der Waals surface area contributed by atoms with Crippen LogP contribution < -0.4 is 5.32 Å².